The normalized spacial score (nSPS) is 17.3. The monoisotopic (exact) mass is 363 g/mol. The Bertz CT molecular complexity index is 862. The van der Waals surface area contributed by atoms with Crippen LogP contribution in [0.5, 0.6) is 0 Å². The van der Waals surface area contributed by atoms with Gasteiger partial charge in [-0.05, 0) is 44.1 Å². The van der Waals surface area contributed by atoms with E-state index in [0.29, 0.717) is 11.9 Å². The van der Waals surface area contributed by atoms with Crippen LogP contribution >= 0.6 is 0 Å². The van der Waals surface area contributed by atoms with Crippen LogP contribution in [0.3, 0.4) is 0 Å². The molecule has 6 nitrogen and oxygen atoms in total. The van der Waals surface area contributed by atoms with Crippen molar-refractivity contribution in [2.45, 2.75) is 25.3 Å². The number of anilines is 1. The number of nitrogens with zero attached hydrogens (tertiary/aromatic N) is 5. The summed E-state index contributed by atoms with van der Waals surface area (Å²) in [5.41, 5.74) is 2.13. The Morgan fingerprint density at radius 1 is 1.15 bits per heavy atom. The molecule has 1 saturated heterocycles. The molecule has 1 aliphatic rings. The number of benzene rings is 1. The molecule has 0 N–H and O–H groups in total. The first kappa shape index (κ1) is 17.7. The van der Waals surface area contributed by atoms with Gasteiger partial charge in [-0.15, -0.1) is 0 Å². The lowest BCUT2D eigenvalue weighted by atomic mass is 10.1. The molecule has 0 amide bonds. The van der Waals surface area contributed by atoms with Gasteiger partial charge in [-0.25, -0.2) is 4.98 Å². The number of aromatic nitrogens is 3. The summed E-state index contributed by atoms with van der Waals surface area (Å²) in [6.07, 6.45) is 4.65. The largest absolute Gasteiger partial charge is 0.355 e. The molecule has 1 aromatic carbocycles. The standard InChI is InChI=1S/C21H25N5O/c1-25-13-12-18(15-25)26(2)20-11-9-17(14-22-20)21-23-19(24-27-21)10-8-16-6-4-3-5-7-16/h3-7,9,11,14,18H,8,10,12-13,15H2,1-2H3/t18-/m1/s1. The minimum atomic E-state index is 0.515. The van der Waals surface area contributed by atoms with E-state index in [-0.39, 0.29) is 0 Å². The zero-order chi connectivity index (χ0) is 18.6. The maximum Gasteiger partial charge on any atom is 0.259 e. The predicted octanol–water partition coefficient (Wildman–Crippen LogP) is 3.06. The molecule has 3 heterocycles. The van der Waals surface area contributed by atoms with E-state index in [2.05, 4.69) is 51.2 Å². The molecule has 0 bridgehead atoms. The third kappa shape index (κ3) is 4.17. The number of likely N-dealkylation sites (N-methyl/N-ethyl adjacent to an activating group) is 2. The Balaban J connectivity index is 1.39. The van der Waals surface area contributed by atoms with Crippen molar-refractivity contribution in [2.75, 3.05) is 32.1 Å². The fraction of sp³-hybridized carbons (Fsp3) is 0.381. The minimum absolute atomic E-state index is 0.515. The summed E-state index contributed by atoms with van der Waals surface area (Å²) in [4.78, 5) is 13.7. The first-order valence-corrected chi connectivity index (χ1v) is 9.43. The summed E-state index contributed by atoms with van der Waals surface area (Å²) in [6, 6.07) is 14.9. The number of rotatable bonds is 6. The molecular weight excluding hydrogens is 338 g/mol. The van der Waals surface area contributed by atoms with Gasteiger partial charge in [-0.1, -0.05) is 35.5 Å². The van der Waals surface area contributed by atoms with E-state index in [1.165, 1.54) is 12.0 Å². The molecule has 27 heavy (non-hydrogen) atoms. The molecule has 2 aromatic heterocycles. The van der Waals surface area contributed by atoms with E-state index in [4.69, 9.17) is 4.52 Å². The Hall–Kier alpha value is -2.73. The highest BCUT2D eigenvalue weighted by molar-refractivity contribution is 5.54. The van der Waals surface area contributed by atoms with Crippen LogP contribution in [0.1, 0.15) is 17.8 Å². The summed E-state index contributed by atoms with van der Waals surface area (Å²) in [6.45, 7) is 2.22. The number of likely N-dealkylation sites (tertiary alicyclic amines) is 1. The van der Waals surface area contributed by atoms with Crippen molar-refractivity contribution in [3.8, 4) is 11.5 Å². The molecular formula is C21H25N5O. The Labute approximate surface area is 159 Å². The summed E-state index contributed by atoms with van der Waals surface area (Å²) in [5.74, 6) is 2.23. The van der Waals surface area contributed by atoms with Crippen molar-refractivity contribution in [3.63, 3.8) is 0 Å². The fourth-order valence-electron chi connectivity index (χ4n) is 3.51. The summed E-state index contributed by atoms with van der Waals surface area (Å²) >= 11 is 0. The van der Waals surface area contributed by atoms with Gasteiger partial charge >= 0.3 is 0 Å². The SMILES string of the molecule is CN1CC[C@@H](N(C)c2ccc(-c3nc(CCc4ccccc4)no3)cn2)C1. The van der Waals surface area contributed by atoms with E-state index < -0.39 is 0 Å². The fourth-order valence-corrected chi connectivity index (χ4v) is 3.51. The highest BCUT2D eigenvalue weighted by Gasteiger charge is 2.24. The van der Waals surface area contributed by atoms with Gasteiger partial charge in [0.25, 0.3) is 5.89 Å². The molecule has 1 aliphatic heterocycles. The van der Waals surface area contributed by atoms with E-state index in [1.807, 2.05) is 36.5 Å². The molecule has 4 rings (SSSR count). The molecule has 1 fully saturated rings. The Kier molecular flexibility index (Phi) is 5.16. The quantitative estimate of drug-likeness (QED) is 0.671. The van der Waals surface area contributed by atoms with Crippen LogP contribution in [-0.2, 0) is 12.8 Å². The van der Waals surface area contributed by atoms with Gasteiger partial charge < -0.3 is 14.3 Å². The summed E-state index contributed by atoms with van der Waals surface area (Å²) in [5, 5.41) is 4.11. The van der Waals surface area contributed by atoms with E-state index in [0.717, 1.165) is 43.1 Å². The lowest BCUT2D eigenvalue weighted by Crippen LogP contribution is -2.34. The number of hydrogen-bond donors (Lipinski definition) is 0. The van der Waals surface area contributed by atoms with E-state index in [9.17, 15) is 0 Å². The van der Waals surface area contributed by atoms with Gasteiger partial charge in [0.05, 0.1) is 5.56 Å². The van der Waals surface area contributed by atoms with Crippen LogP contribution in [0.2, 0.25) is 0 Å². The lowest BCUT2D eigenvalue weighted by molar-refractivity contribution is 0.409. The smallest absolute Gasteiger partial charge is 0.259 e. The predicted molar refractivity (Wildman–Crippen MR) is 106 cm³/mol. The molecule has 1 atom stereocenters. The molecule has 3 aromatic rings. The second-order valence-electron chi connectivity index (χ2n) is 7.22. The molecule has 6 heteroatoms. The second kappa shape index (κ2) is 7.88. The van der Waals surface area contributed by atoms with Crippen molar-refractivity contribution >= 4 is 5.82 Å². The van der Waals surface area contributed by atoms with Crippen LogP contribution < -0.4 is 4.90 Å². The van der Waals surface area contributed by atoms with Crippen molar-refractivity contribution in [1.82, 2.24) is 20.0 Å². The zero-order valence-corrected chi connectivity index (χ0v) is 15.9. The van der Waals surface area contributed by atoms with Crippen LogP contribution in [0.15, 0.2) is 53.2 Å². The van der Waals surface area contributed by atoms with Gasteiger partial charge in [0.15, 0.2) is 5.82 Å². The van der Waals surface area contributed by atoms with Crippen molar-refractivity contribution < 1.29 is 4.52 Å². The summed E-state index contributed by atoms with van der Waals surface area (Å²) in [7, 11) is 4.27. The molecule has 0 spiro atoms. The highest BCUT2D eigenvalue weighted by Crippen LogP contribution is 2.22. The molecule has 140 valence electrons. The first-order valence-electron chi connectivity index (χ1n) is 9.43. The third-order valence-corrected chi connectivity index (χ3v) is 5.22. The Morgan fingerprint density at radius 2 is 2.00 bits per heavy atom. The van der Waals surface area contributed by atoms with Gasteiger partial charge in [-0.2, -0.15) is 4.98 Å². The van der Waals surface area contributed by atoms with Crippen molar-refractivity contribution in [2.24, 2.45) is 0 Å². The van der Waals surface area contributed by atoms with Crippen LogP contribution in [-0.4, -0.2) is 53.3 Å². The molecule has 0 radical (unpaired) electrons. The number of aryl methyl sites for hydroxylation is 2. The third-order valence-electron chi connectivity index (χ3n) is 5.22. The van der Waals surface area contributed by atoms with Crippen molar-refractivity contribution in [1.29, 1.82) is 0 Å². The lowest BCUT2D eigenvalue weighted by Gasteiger charge is -2.25. The highest BCUT2D eigenvalue weighted by atomic mass is 16.5. The summed E-state index contributed by atoms with van der Waals surface area (Å²) < 4.78 is 5.43. The molecule has 0 aliphatic carbocycles. The van der Waals surface area contributed by atoms with Crippen molar-refractivity contribution in [3.05, 3.63) is 60.0 Å². The van der Waals surface area contributed by atoms with Crippen LogP contribution in [0.25, 0.3) is 11.5 Å². The van der Waals surface area contributed by atoms with Crippen LogP contribution in [0.4, 0.5) is 5.82 Å². The maximum absolute atomic E-state index is 5.43. The van der Waals surface area contributed by atoms with Gasteiger partial charge in [0.2, 0.25) is 0 Å². The minimum Gasteiger partial charge on any atom is -0.355 e. The zero-order valence-electron chi connectivity index (χ0n) is 15.9. The van der Waals surface area contributed by atoms with Gasteiger partial charge in [0.1, 0.15) is 5.82 Å². The average molecular weight is 363 g/mol. The first-order chi connectivity index (χ1) is 13.2. The van der Waals surface area contributed by atoms with Crippen LogP contribution in [0, 0.1) is 0 Å². The molecule has 0 unspecified atom stereocenters. The Morgan fingerprint density at radius 3 is 2.70 bits per heavy atom. The van der Waals surface area contributed by atoms with E-state index >= 15 is 0 Å². The van der Waals surface area contributed by atoms with Gasteiger partial charge in [0, 0.05) is 32.3 Å². The van der Waals surface area contributed by atoms with Gasteiger partial charge in [-0.3, -0.25) is 0 Å². The average Bonchev–Trinajstić information content (AvgIpc) is 3.36. The number of pyridine rings is 1. The molecule has 0 saturated carbocycles. The van der Waals surface area contributed by atoms with E-state index in [1.54, 1.807) is 0 Å². The maximum atomic E-state index is 5.43. The number of hydrogen-bond acceptors (Lipinski definition) is 6. The second-order valence-corrected chi connectivity index (χ2v) is 7.22. The topological polar surface area (TPSA) is 58.3 Å².